The number of hydrogen-bond donors (Lipinski definition) is 2. The topological polar surface area (TPSA) is 77.8 Å². The van der Waals surface area contributed by atoms with Crippen molar-refractivity contribution < 1.29 is 19.8 Å². The van der Waals surface area contributed by atoms with Crippen molar-refractivity contribution in [1.29, 1.82) is 0 Å². The molecule has 0 radical (unpaired) electrons. The maximum absolute atomic E-state index is 11.1. The van der Waals surface area contributed by atoms with Gasteiger partial charge in [-0.3, -0.25) is 9.59 Å². The monoisotopic (exact) mass is 439 g/mol. The van der Waals surface area contributed by atoms with Gasteiger partial charge in [-0.05, 0) is 38.6 Å². The van der Waals surface area contributed by atoms with Gasteiger partial charge in [-0.2, -0.15) is 0 Å². The molecule has 0 aromatic rings. The highest BCUT2D eigenvalue weighted by Crippen LogP contribution is 2.12. The Hall–Kier alpha value is -1.36. The summed E-state index contributed by atoms with van der Waals surface area (Å²) in [6.07, 6.45) is 22.3. The van der Waals surface area contributed by atoms with Crippen molar-refractivity contribution in [3.63, 3.8) is 0 Å². The second-order valence-electron chi connectivity index (χ2n) is 9.18. The first-order valence-corrected chi connectivity index (χ1v) is 12.7. The van der Waals surface area contributed by atoms with Crippen LogP contribution < -0.4 is 0 Å². The van der Waals surface area contributed by atoms with E-state index in [9.17, 15) is 9.59 Å². The van der Waals surface area contributed by atoms with Crippen molar-refractivity contribution in [2.45, 2.75) is 111 Å². The molecule has 0 bridgehead atoms. The van der Waals surface area contributed by atoms with Crippen molar-refractivity contribution >= 4 is 11.9 Å². The van der Waals surface area contributed by atoms with Gasteiger partial charge in [0, 0.05) is 13.1 Å². The van der Waals surface area contributed by atoms with Crippen molar-refractivity contribution in [2.75, 3.05) is 19.6 Å². The number of allylic oxidation sites excluding steroid dienone is 2. The lowest BCUT2D eigenvalue weighted by Crippen LogP contribution is -2.37. The molecule has 0 aliphatic rings. The Balaban J connectivity index is 3.74. The number of nitrogens with zero attached hydrogens (tertiary/aromatic N) is 1. The summed E-state index contributed by atoms with van der Waals surface area (Å²) in [5.41, 5.74) is 0. The Morgan fingerprint density at radius 1 is 0.677 bits per heavy atom. The van der Waals surface area contributed by atoms with Crippen LogP contribution in [0.25, 0.3) is 0 Å². The van der Waals surface area contributed by atoms with Gasteiger partial charge in [0.1, 0.15) is 0 Å². The van der Waals surface area contributed by atoms with Crippen LogP contribution in [0.15, 0.2) is 12.2 Å². The highest BCUT2D eigenvalue weighted by atomic mass is 16.4. The van der Waals surface area contributed by atoms with Crippen LogP contribution >= 0.6 is 0 Å². The molecule has 0 aromatic heterocycles. The zero-order chi connectivity index (χ0) is 23.3. The van der Waals surface area contributed by atoms with Crippen LogP contribution in [0, 0.1) is 11.8 Å². The van der Waals surface area contributed by atoms with Gasteiger partial charge in [-0.15, -0.1) is 0 Å². The summed E-state index contributed by atoms with van der Waals surface area (Å²) in [4.78, 5) is 24.3. The molecule has 31 heavy (non-hydrogen) atoms. The van der Waals surface area contributed by atoms with E-state index in [-0.39, 0.29) is 0 Å². The second kappa shape index (κ2) is 20.5. The van der Waals surface area contributed by atoms with E-state index >= 15 is 0 Å². The third-order valence-corrected chi connectivity index (χ3v) is 5.89. The van der Waals surface area contributed by atoms with Gasteiger partial charge in [0.05, 0.1) is 11.8 Å². The Morgan fingerprint density at radius 3 is 1.48 bits per heavy atom. The largest absolute Gasteiger partial charge is 0.481 e. The molecule has 0 heterocycles. The summed E-state index contributed by atoms with van der Waals surface area (Å²) in [6, 6.07) is 0. The van der Waals surface area contributed by atoms with Crippen LogP contribution in [0.3, 0.4) is 0 Å². The SMILES string of the molecule is CCCCCCCC/C=C\CCCCCCCCN(CC(C)C(=O)O)CC(C)C(=O)O. The zero-order valence-corrected chi connectivity index (χ0v) is 20.5. The maximum atomic E-state index is 11.1. The van der Waals surface area contributed by atoms with E-state index in [1.54, 1.807) is 13.8 Å². The molecule has 0 amide bonds. The molecule has 2 N–H and O–H groups in total. The average Bonchev–Trinajstić information content (AvgIpc) is 2.72. The Bertz CT molecular complexity index is 456. The Morgan fingerprint density at radius 2 is 1.06 bits per heavy atom. The summed E-state index contributed by atoms with van der Waals surface area (Å²) in [6.45, 7) is 7.23. The molecule has 5 heteroatoms. The van der Waals surface area contributed by atoms with E-state index < -0.39 is 23.8 Å². The average molecular weight is 440 g/mol. The van der Waals surface area contributed by atoms with Crippen LogP contribution in [0.1, 0.15) is 111 Å². The summed E-state index contributed by atoms with van der Waals surface area (Å²) in [5, 5.41) is 18.3. The molecular formula is C26H49NO4. The molecule has 0 fully saturated rings. The fourth-order valence-electron chi connectivity index (χ4n) is 3.77. The minimum atomic E-state index is -0.825. The highest BCUT2D eigenvalue weighted by molar-refractivity contribution is 5.70. The van der Waals surface area contributed by atoms with Crippen LogP contribution in [0.4, 0.5) is 0 Å². The van der Waals surface area contributed by atoms with E-state index in [2.05, 4.69) is 19.1 Å². The van der Waals surface area contributed by atoms with Crippen molar-refractivity contribution in [3.05, 3.63) is 12.2 Å². The van der Waals surface area contributed by atoms with E-state index in [0.717, 1.165) is 19.4 Å². The molecule has 2 unspecified atom stereocenters. The van der Waals surface area contributed by atoms with Crippen LogP contribution in [0.2, 0.25) is 0 Å². The van der Waals surface area contributed by atoms with E-state index in [1.807, 2.05) is 4.90 Å². The number of rotatable bonds is 22. The summed E-state index contributed by atoms with van der Waals surface area (Å²) in [5.74, 6) is -2.60. The van der Waals surface area contributed by atoms with Gasteiger partial charge >= 0.3 is 11.9 Å². The quantitative estimate of drug-likeness (QED) is 0.144. The summed E-state index contributed by atoms with van der Waals surface area (Å²) >= 11 is 0. The van der Waals surface area contributed by atoms with Gasteiger partial charge in [0.25, 0.3) is 0 Å². The van der Waals surface area contributed by atoms with Crippen LogP contribution in [0.5, 0.6) is 0 Å². The number of unbranched alkanes of at least 4 members (excludes halogenated alkanes) is 12. The van der Waals surface area contributed by atoms with Crippen LogP contribution in [-0.2, 0) is 9.59 Å². The van der Waals surface area contributed by atoms with E-state index in [4.69, 9.17) is 10.2 Å². The molecule has 0 rings (SSSR count). The maximum Gasteiger partial charge on any atom is 0.307 e. The predicted octanol–water partition coefficient (Wildman–Crippen LogP) is 6.77. The molecule has 0 aromatic carbocycles. The lowest BCUT2D eigenvalue weighted by molar-refractivity contribution is -0.142. The Labute approximate surface area is 191 Å². The minimum Gasteiger partial charge on any atom is -0.481 e. The van der Waals surface area contributed by atoms with Crippen molar-refractivity contribution in [2.24, 2.45) is 11.8 Å². The minimum absolute atomic E-state index is 0.415. The highest BCUT2D eigenvalue weighted by Gasteiger charge is 2.20. The number of hydrogen-bond acceptors (Lipinski definition) is 3. The van der Waals surface area contributed by atoms with Crippen LogP contribution in [-0.4, -0.2) is 46.7 Å². The number of carboxylic acid groups (broad SMARTS) is 2. The molecule has 0 aliphatic heterocycles. The molecule has 0 saturated carbocycles. The van der Waals surface area contributed by atoms with E-state index in [0.29, 0.717) is 13.1 Å². The normalized spacial score (nSPS) is 13.7. The number of carboxylic acids is 2. The number of aliphatic carboxylic acids is 2. The zero-order valence-electron chi connectivity index (χ0n) is 20.5. The first kappa shape index (κ1) is 29.6. The summed E-state index contributed by atoms with van der Waals surface area (Å²) < 4.78 is 0. The van der Waals surface area contributed by atoms with Crippen molar-refractivity contribution in [1.82, 2.24) is 4.90 Å². The predicted molar refractivity (Wildman–Crippen MR) is 129 cm³/mol. The van der Waals surface area contributed by atoms with Gasteiger partial charge in [-0.25, -0.2) is 0 Å². The number of carbonyl (C=O) groups is 2. The van der Waals surface area contributed by atoms with Crippen molar-refractivity contribution in [3.8, 4) is 0 Å². The van der Waals surface area contributed by atoms with E-state index in [1.165, 1.54) is 77.0 Å². The first-order chi connectivity index (χ1) is 14.9. The Kier molecular flexibility index (Phi) is 19.6. The molecule has 5 nitrogen and oxygen atoms in total. The fraction of sp³-hybridized carbons (Fsp3) is 0.846. The summed E-state index contributed by atoms with van der Waals surface area (Å²) in [7, 11) is 0. The van der Waals surface area contributed by atoms with Gasteiger partial charge in [0.2, 0.25) is 0 Å². The van der Waals surface area contributed by atoms with Gasteiger partial charge in [0.15, 0.2) is 0 Å². The third kappa shape index (κ3) is 19.1. The standard InChI is InChI=1S/C26H49NO4/c1-4-5-6-7-8-9-10-11-12-13-14-15-16-17-18-19-20-27(21-23(2)25(28)29)22-24(3)26(30)31/h11-12,23-24H,4-10,13-22H2,1-3H3,(H,28,29)(H,30,31)/b12-11-. The van der Waals surface area contributed by atoms with Gasteiger partial charge < -0.3 is 15.1 Å². The lowest BCUT2D eigenvalue weighted by atomic mass is 10.1. The lowest BCUT2D eigenvalue weighted by Gasteiger charge is -2.25. The molecule has 0 saturated heterocycles. The molecule has 0 spiro atoms. The van der Waals surface area contributed by atoms with Gasteiger partial charge in [-0.1, -0.05) is 90.7 Å². The third-order valence-electron chi connectivity index (χ3n) is 5.89. The molecule has 182 valence electrons. The first-order valence-electron chi connectivity index (χ1n) is 12.7. The second-order valence-corrected chi connectivity index (χ2v) is 9.18. The fourth-order valence-corrected chi connectivity index (χ4v) is 3.77. The molecule has 0 aliphatic carbocycles. The smallest absolute Gasteiger partial charge is 0.307 e. The molecule has 2 atom stereocenters. The molecular weight excluding hydrogens is 390 g/mol.